The third kappa shape index (κ3) is 4.75. The van der Waals surface area contributed by atoms with E-state index < -0.39 is 26.7 Å². The Morgan fingerprint density at radius 2 is 1.93 bits per heavy atom. The van der Waals surface area contributed by atoms with E-state index in [1.165, 1.54) is 0 Å². The van der Waals surface area contributed by atoms with E-state index in [-0.39, 0.29) is 11.6 Å². The predicted molar refractivity (Wildman–Crippen MR) is 97.7 cm³/mol. The van der Waals surface area contributed by atoms with Crippen LogP contribution in [0.5, 0.6) is 0 Å². The number of halogens is 4. The maximum Gasteiger partial charge on any atom is 0.416 e. The molecule has 1 aliphatic heterocycles. The standard InChI is InChI=1S/C17H17ClF3N3O3S/c18-14-4-3-13(17(19,20)21)10-15(14)28(25,26)23-11-12-2-1-5-22-16(12)24-6-8-27-9-7-24/h1-5,10,23H,6-9,11H2. The monoisotopic (exact) mass is 435 g/mol. The highest BCUT2D eigenvalue weighted by Crippen LogP contribution is 2.33. The number of nitrogens with one attached hydrogen (secondary N) is 1. The van der Waals surface area contributed by atoms with Gasteiger partial charge in [0, 0.05) is 31.4 Å². The highest BCUT2D eigenvalue weighted by molar-refractivity contribution is 7.89. The van der Waals surface area contributed by atoms with Gasteiger partial charge in [-0.15, -0.1) is 0 Å². The van der Waals surface area contributed by atoms with Gasteiger partial charge in [0.25, 0.3) is 0 Å². The number of hydrogen-bond donors (Lipinski definition) is 1. The van der Waals surface area contributed by atoms with Crippen LogP contribution in [0.4, 0.5) is 19.0 Å². The topological polar surface area (TPSA) is 71.5 Å². The first kappa shape index (κ1) is 20.8. The Kier molecular flexibility index (Phi) is 6.13. The number of aromatic nitrogens is 1. The molecular weight excluding hydrogens is 419 g/mol. The van der Waals surface area contributed by atoms with Crippen molar-refractivity contribution >= 4 is 27.4 Å². The van der Waals surface area contributed by atoms with E-state index in [4.69, 9.17) is 16.3 Å². The van der Waals surface area contributed by atoms with Crippen molar-refractivity contribution in [2.24, 2.45) is 0 Å². The third-order valence-corrected chi connectivity index (χ3v) is 6.06. The minimum atomic E-state index is -4.68. The average Bonchev–Trinajstić information content (AvgIpc) is 2.66. The largest absolute Gasteiger partial charge is 0.416 e. The summed E-state index contributed by atoms with van der Waals surface area (Å²) in [5.41, 5.74) is -0.497. The maximum absolute atomic E-state index is 12.9. The fraction of sp³-hybridized carbons (Fsp3) is 0.353. The van der Waals surface area contributed by atoms with Crippen LogP contribution in [0, 0.1) is 0 Å². The van der Waals surface area contributed by atoms with Crippen LogP contribution >= 0.6 is 11.6 Å². The van der Waals surface area contributed by atoms with Gasteiger partial charge in [-0.25, -0.2) is 18.1 Å². The number of pyridine rings is 1. The molecule has 0 aliphatic carbocycles. The lowest BCUT2D eigenvalue weighted by Crippen LogP contribution is -2.37. The number of rotatable bonds is 5. The molecule has 11 heteroatoms. The molecule has 0 spiro atoms. The number of ether oxygens (including phenoxy) is 1. The molecule has 0 atom stereocenters. The zero-order chi connectivity index (χ0) is 20.4. The average molecular weight is 436 g/mol. The maximum atomic E-state index is 12.9. The van der Waals surface area contributed by atoms with Gasteiger partial charge in [-0.3, -0.25) is 0 Å². The first-order valence-electron chi connectivity index (χ1n) is 8.31. The van der Waals surface area contributed by atoms with E-state index in [0.717, 1.165) is 12.1 Å². The van der Waals surface area contributed by atoms with E-state index >= 15 is 0 Å². The zero-order valence-corrected chi connectivity index (χ0v) is 16.1. The first-order chi connectivity index (χ1) is 13.2. The second-order valence-electron chi connectivity index (χ2n) is 6.05. The van der Waals surface area contributed by atoms with E-state index in [0.29, 0.717) is 43.8 Å². The van der Waals surface area contributed by atoms with Crippen LogP contribution in [0.25, 0.3) is 0 Å². The summed E-state index contributed by atoms with van der Waals surface area (Å²) >= 11 is 5.84. The van der Waals surface area contributed by atoms with E-state index in [1.54, 1.807) is 18.3 Å². The van der Waals surface area contributed by atoms with E-state index in [2.05, 4.69) is 9.71 Å². The molecule has 28 heavy (non-hydrogen) atoms. The zero-order valence-electron chi connectivity index (χ0n) is 14.5. The lowest BCUT2D eigenvalue weighted by molar-refractivity contribution is -0.137. The molecule has 1 aromatic heterocycles. The number of benzene rings is 1. The van der Waals surface area contributed by atoms with Gasteiger partial charge >= 0.3 is 6.18 Å². The second-order valence-corrected chi connectivity index (χ2v) is 8.20. The summed E-state index contributed by atoms with van der Waals surface area (Å²) in [6.45, 7) is 2.13. The second kappa shape index (κ2) is 8.24. The Morgan fingerprint density at radius 3 is 2.61 bits per heavy atom. The number of anilines is 1. The Balaban J connectivity index is 1.83. The van der Waals surface area contributed by atoms with Gasteiger partial charge in [0.05, 0.1) is 23.8 Å². The molecule has 0 unspecified atom stereocenters. The quantitative estimate of drug-likeness (QED) is 0.781. The van der Waals surface area contributed by atoms with Crippen molar-refractivity contribution in [3.63, 3.8) is 0 Å². The summed E-state index contributed by atoms with van der Waals surface area (Å²) in [5, 5.41) is -0.292. The fourth-order valence-electron chi connectivity index (χ4n) is 2.76. The van der Waals surface area contributed by atoms with Crippen molar-refractivity contribution in [1.82, 2.24) is 9.71 Å². The fourth-order valence-corrected chi connectivity index (χ4v) is 4.29. The number of nitrogens with zero attached hydrogens (tertiary/aromatic N) is 2. The molecule has 3 rings (SSSR count). The number of morpholine rings is 1. The van der Waals surface area contributed by atoms with Crippen LogP contribution in [-0.4, -0.2) is 39.7 Å². The van der Waals surface area contributed by atoms with Gasteiger partial charge in [-0.1, -0.05) is 17.7 Å². The number of alkyl halides is 3. The van der Waals surface area contributed by atoms with Crippen LogP contribution in [0.3, 0.4) is 0 Å². The summed E-state index contributed by atoms with van der Waals surface area (Å²) in [4.78, 5) is 5.64. The van der Waals surface area contributed by atoms with Crippen molar-refractivity contribution < 1.29 is 26.3 Å². The van der Waals surface area contributed by atoms with Gasteiger partial charge in [0.1, 0.15) is 10.7 Å². The molecule has 0 bridgehead atoms. The molecule has 1 fully saturated rings. The summed E-state index contributed by atoms with van der Waals surface area (Å²) in [6, 6.07) is 5.54. The van der Waals surface area contributed by atoms with Crippen LogP contribution in [0.1, 0.15) is 11.1 Å². The van der Waals surface area contributed by atoms with Gasteiger partial charge in [-0.05, 0) is 24.3 Å². The Hall–Kier alpha value is -1.88. The van der Waals surface area contributed by atoms with Gasteiger partial charge in [0.2, 0.25) is 10.0 Å². The molecule has 2 aromatic rings. The number of hydrogen-bond acceptors (Lipinski definition) is 5. The lowest BCUT2D eigenvalue weighted by Gasteiger charge is -2.29. The van der Waals surface area contributed by atoms with Crippen molar-refractivity contribution in [3.8, 4) is 0 Å². The van der Waals surface area contributed by atoms with Crippen LogP contribution in [-0.2, 0) is 27.5 Å². The van der Waals surface area contributed by atoms with Gasteiger partial charge in [-0.2, -0.15) is 13.2 Å². The molecule has 152 valence electrons. The minimum absolute atomic E-state index is 0.143. The van der Waals surface area contributed by atoms with Crippen LogP contribution in [0.15, 0.2) is 41.4 Å². The SMILES string of the molecule is O=S(=O)(NCc1cccnc1N1CCOCC1)c1cc(C(F)(F)F)ccc1Cl. The van der Waals surface area contributed by atoms with Crippen molar-refractivity contribution in [2.45, 2.75) is 17.6 Å². The Morgan fingerprint density at radius 1 is 1.21 bits per heavy atom. The molecule has 6 nitrogen and oxygen atoms in total. The van der Waals surface area contributed by atoms with Crippen molar-refractivity contribution in [2.75, 3.05) is 31.2 Å². The molecule has 1 aliphatic rings. The number of sulfonamides is 1. The highest BCUT2D eigenvalue weighted by atomic mass is 35.5. The van der Waals surface area contributed by atoms with Gasteiger partial charge in [0.15, 0.2) is 0 Å². The summed E-state index contributed by atoms with van der Waals surface area (Å²) in [7, 11) is -4.27. The first-order valence-corrected chi connectivity index (χ1v) is 10.2. The highest BCUT2D eigenvalue weighted by Gasteiger charge is 2.32. The smallest absolute Gasteiger partial charge is 0.378 e. The van der Waals surface area contributed by atoms with Crippen molar-refractivity contribution in [3.05, 3.63) is 52.7 Å². The van der Waals surface area contributed by atoms with Crippen LogP contribution < -0.4 is 9.62 Å². The Labute approximate surface area is 165 Å². The molecule has 0 saturated carbocycles. The van der Waals surface area contributed by atoms with E-state index in [9.17, 15) is 21.6 Å². The molecule has 0 radical (unpaired) electrons. The minimum Gasteiger partial charge on any atom is -0.378 e. The molecule has 0 amide bonds. The summed E-state index contributed by atoms with van der Waals surface area (Å²) in [6.07, 6.45) is -3.09. The lowest BCUT2D eigenvalue weighted by atomic mass is 10.2. The summed E-state index contributed by atoms with van der Waals surface area (Å²) in [5.74, 6) is 0.601. The molecule has 1 aromatic carbocycles. The van der Waals surface area contributed by atoms with Gasteiger partial charge < -0.3 is 9.64 Å². The third-order valence-electron chi connectivity index (χ3n) is 4.18. The molecule has 2 heterocycles. The summed E-state index contributed by atoms with van der Waals surface area (Å²) < 4.78 is 71.5. The predicted octanol–water partition coefficient (Wildman–Crippen LogP) is 3.07. The van der Waals surface area contributed by atoms with E-state index in [1.807, 2.05) is 4.90 Å². The van der Waals surface area contributed by atoms with Crippen LogP contribution in [0.2, 0.25) is 5.02 Å². The molecule has 1 saturated heterocycles. The molecular formula is C17H17ClF3N3O3S. The molecule has 1 N–H and O–H groups in total. The van der Waals surface area contributed by atoms with Crippen molar-refractivity contribution in [1.29, 1.82) is 0 Å². The normalized spacial score (nSPS) is 15.6. The Bertz CT molecular complexity index is 948.